The zero-order chi connectivity index (χ0) is 25.8. The molecule has 3 aliphatic rings. The van der Waals surface area contributed by atoms with E-state index in [1.165, 1.54) is 6.20 Å². The van der Waals surface area contributed by atoms with Gasteiger partial charge in [0.1, 0.15) is 11.6 Å². The minimum absolute atomic E-state index is 0.0390. The number of aliphatic hydroxyl groups is 1. The molecule has 1 aromatic heterocycles. The van der Waals surface area contributed by atoms with E-state index in [1.54, 1.807) is 0 Å². The van der Waals surface area contributed by atoms with Crippen molar-refractivity contribution >= 4 is 23.1 Å². The van der Waals surface area contributed by atoms with E-state index >= 15 is 0 Å². The van der Waals surface area contributed by atoms with Gasteiger partial charge in [0.05, 0.1) is 12.1 Å². The lowest BCUT2D eigenvalue weighted by molar-refractivity contribution is 0.0699. The first kappa shape index (κ1) is 25.5. The van der Waals surface area contributed by atoms with E-state index < -0.39 is 6.10 Å². The van der Waals surface area contributed by atoms with Crippen molar-refractivity contribution < 1.29 is 14.6 Å². The summed E-state index contributed by atoms with van der Waals surface area (Å²) in [6.07, 6.45) is 7.95. The van der Waals surface area contributed by atoms with Crippen molar-refractivity contribution in [2.75, 3.05) is 30.4 Å². The molecule has 2 aromatic rings. The molecule has 5 rings (SSSR count). The van der Waals surface area contributed by atoms with Gasteiger partial charge in [-0.2, -0.15) is 0 Å². The highest BCUT2D eigenvalue weighted by molar-refractivity contribution is 5.96. The zero-order valence-corrected chi connectivity index (χ0v) is 21.5. The molecule has 198 valence electrons. The summed E-state index contributed by atoms with van der Waals surface area (Å²) in [7, 11) is 0. The fourth-order valence-electron chi connectivity index (χ4n) is 5.11. The Balaban J connectivity index is 1.40. The Morgan fingerprint density at radius 1 is 1.11 bits per heavy atom. The first-order chi connectivity index (χ1) is 18.0. The molecule has 2 aliphatic carbocycles. The first-order valence-corrected chi connectivity index (χ1v) is 13.5. The summed E-state index contributed by atoms with van der Waals surface area (Å²) in [5.74, 6) is 2.35. The Morgan fingerprint density at radius 3 is 2.57 bits per heavy atom. The van der Waals surface area contributed by atoms with Crippen molar-refractivity contribution in [1.82, 2.24) is 15.3 Å². The number of aromatic nitrogens is 2. The second kappa shape index (κ2) is 11.5. The van der Waals surface area contributed by atoms with E-state index in [1.807, 2.05) is 31.2 Å². The van der Waals surface area contributed by atoms with Crippen LogP contribution < -0.4 is 21.7 Å². The van der Waals surface area contributed by atoms with Gasteiger partial charge in [0.2, 0.25) is 0 Å². The molecule has 1 aliphatic heterocycles. The number of carbonyl (C=O) groups is 1. The number of benzene rings is 1. The molecule has 1 unspecified atom stereocenters. The van der Waals surface area contributed by atoms with Crippen LogP contribution in [-0.4, -0.2) is 58.9 Å². The summed E-state index contributed by atoms with van der Waals surface area (Å²) in [6, 6.07) is 7.86. The van der Waals surface area contributed by atoms with Crippen molar-refractivity contribution in [2.24, 2.45) is 11.7 Å². The smallest absolute Gasteiger partial charge is 0.251 e. The van der Waals surface area contributed by atoms with Gasteiger partial charge in [-0.1, -0.05) is 12.1 Å². The van der Waals surface area contributed by atoms with Gasteiger partial charge in [-0.15, -0.1) is 0 Å². The molecule has 3 fully saturated rings. The molecular weight excluding hydrogens is 468 g/mol. The number of aliphatic hydroxyl groups excluding tert-OH is 1. The average Bonchev–Trinajstić information content (AvgIpc) is 3.63. The number of ether oxygens (including phenoxy) is 1. The van der Waals surface area contributed by atoms with Gasteiger partial charge in [-0.3, -0.25) is 4.79 Å². The summed E-state index contributed by atoms with van der Waals surface area (Å²) in [4.78, 5) is 22.2. The van der Waals surface area contributed by atoms with Gasteiger partial charge >= 0.3 is 0 Å². The molecule has 2 saturated carbocycles. The number of aryl methyl sites for hydroxylation is 1. The normalized spacial score (nSPS) is 22.6. The monoisotopic (exact) mass is 506 g/mol. The lowest BCUT2D eigenvalue weighted by atomic mass is 9.99. The third-order valence-corrected chi connectivity index (χ3v) is 7.55. The number of nitrogens with zero attached hydrogens (tertiary/aromatic N) is 2. The van der Waals surface area contributed by atoms with Gasteiger partial charge < -0.3 is 31.5 Å². The number of anilines is 2. The van der Waals surface area contributed by atoms with Gasteiger partial charge in [0.15, 0.2) is 5.82 Å². The number of nitrogens with two attached hydrogens (primary N) is 1. The summed E-state index contributed by atoms with van der Waals surface area (Å²) in [6.45, 7) is 4.32. The molecular formula is C28H38N6O3. The van der Waals surface area contributed by atoms with Crippen molar-refractivity contribution in [3.63, 3.8) is 0 Å². The number of rotatable bonds is 9. The Hall–Kier alpha value is -3.17. The third-order valence-electron chi connectivity index (χ3n) is 7.55. The van der Waals surface area contributed by atoms with Gasteiger partial charge in [-0.05, 0) is 75.0 Å². The van der Waals surface area contributed by atoms with Crippen LogP contribution in [0.5, 0.6) is 0 Å². The molecule has 6 N–H and O–H groups in total. The lowest BCUT2D eigenvalue weighted by Crippen LogP contribution is -2.28. The zero-order valence-electron chi connectivity index (χ0n) is 21.5. The van der Waals surface area contributed by atoms with E-state index in [-0.39, 0.29) is 11.9 Å². The van der Waals surface area contributed by atoms with Crippen LogP contribution in [0.1, 0.15) is 72.3 Å². The van der Waals surface area contributed by atoms with Crippen molar-refractivity contribution in [3.8, 4) is 0 Å². The fourth-order valence-corrected chi connectivity index (χ4v) is 5.11. The minimum atomic E-state index is -0.390. The van der Waals surface area contributed by atoms with Crippen LogP contribution in [0.3, 0.4) is 0 Å². The van der Waals surface area contributed by atoms with Crippen LogP contribution >= 0.6 is 0 Å². The maximum absolute atomic E-state index is 12.6. The molecule has 1 aromatic carbocycles. The van der Waals surface area contributed by atoms with Crippen LogP contribution in [0.15, 0.2) is 30.5 Å². The highest BCUT2D eigenvalue weighted by Gasteiger charge is 2.27. The highest BCUT2D eigenvalue weighted by atomic mass is 16.5. The summed E-state index contributed by atoms with van der Waals surface area (Å²) in [5.41, 5.74) is 9.18. The molecule has 0 radical (unpaired) electrons. The maximum atomic E-state index is 12.6. The summed E-state index contributed by atoms with van der Waals surface area (Å²) < 4.78 is 5.49. The molecule has 2 atom stereocenters. The molecule has 2 heterocycles. The van der Waals surface area contributed by atoms with Crippen LogP contribution in [0, 0.1) is 12.8 Å². The Morgan fingerprint density at radius 2 is 1.89 bits per heavy atom. The van der Waals surface area contributed by atoms with Crippen molar-refractivity contribution in [2.45, 2.75) is 70.1 Å². The number of hydrogen-bond acceptors (Lipinski definition) is 8. The summed E-state index contributed by atoms with van der Waals surface area (Å²) >= 11 is 0. The SMILES string of the molecule is Cc1cc(C(=CN)c2nc(NCC3CCOCC3)cc(N[C@H]3CCCC3O)n2)ccc1C(=O)NC1CC1. The fraction of sp³-hybridized carbons (Fsp3) is 0.536. The number of hydrogen-bond donors (Lipinski definition) is 5. The second-order valence-corrected chi connectivity index (χ2v) is 10.5. The molecule has 0 spiro atoms. The van der Waals surface area contributed by atoms with Gasteiger partial charge in [-0.25, -0.2) is 9.97 Å². The van der Waals surface area contributed by atoms with Gasteiger partial charge in [0, 0.05) is 49.2 Å². The Bertz CT molecular complexity index is 1140. The van der Waals surface area contributed by atoms with Crippen molar-refractivity contribution in [3.05, 3.63) is 53.0 Å². The molecule has 37 heavy (non-hydrogen) atoms. The highest BCUT2D eigenvalue weighted by Crippen LogP contribution is 2.28. The lowest BCUT2D eigenvalue weighted by Gasteiger charge is -2.23. The van der Waals surface area contributed by atoms with E-state index in [0.29, 0.717) is 40.6 Å². The number of amides is 1. The van der Waals surface area contributed by atoms with Crippen LogP contribution in [0.2, 0.25) is 0 Å². The van der Waals surface area contributed by atoms with Crippen LogP contribution in [-0.2, 0) is 4.74 Å². The minimum Gasteiger partial charge on any atom is -0.404 e. The Labute approximate surface area is 218 Å². The van der Waals surface area contributed by atoms with Crippen molar-refractivity contribution in [1.29, 1.82) is 0 Å². The van der Waals surface area contributed by atoms with E-state index in [2.05, 4.69) is 16.0 Å². The number of nitrogens with one attached hydrogen (secondary N) is 3. The topological polar surface area (TPSA) is 134 Å². The standard InChI is InChI=1S/C28H38N6O3/c1-17-13-19(5-8-21(17)28(36)31-20-6-7-20)22(15-29)27-33-25(30-16-18-9-11-37-12-10-18)14-26(34-27)32-23-3-2-4-24(23)35/h5,8,13-15,18,20,23-24,35H,2-4,6-7,9-12,16,29H2,1H3,(H,31,36)(H2,30,32,33,34)/t23-,24?/m0/s1. The van der Waals surface area contributed by atoms with E-state index in [4.69, 9.17) is 20.4 Å². The average molecular weight is 507 g/mol. The van der Waals surface area contributed by atoms with Crippen LogP contribution in [0.25, 0.3) is 5.57 Å². The van der Waals surface area contributed by atoms with E-state index in [0.717, 1.165) is 75.8 Å². The predicted molar refractivity (Wildman–Crippen MR) is 144 cm³/mol. The molecule has 9 heteroatoms. The largest absolute Gasteiger partial charge is 0.404 e. The predicted octanol–water partition coefficient (Wildman–Crippen LogP) is 3.19. The first-order valence-electron chi connectivity index (χ1n) is 13.5. The third kappa shape index (κ3) is 6.40. The van der Waals surface area contributed by atoms with Crippen LogP contribution in [0.4, 0.5) is 11.6 Å². The van der Waals surface area contributed by atoms with Gasteiger partial charge in [0.25, 0.3) is 5.91 Å². The number of carbonyl (C=O) groups excluding carboxylic acids is 1. The second-order valence-electron chi connectivity index (χ2n) is 10.5. The molecule has 1 amide bonds. The maximum Gasteiger partial charge on any atom is 0.251 e. The molecule has 9 nitrogen and oxygen atoms in total. The quantitative estimate of drug-likeness (QED) is 0.350. The van der Waals surface area contributed by atoms with E-state index in [9.17, 15) is 9.90 Å². The molecule has 0 bridgehead atoms. The Kier molecular flexibility index (Phi) is 7.90. The molecule has 1 saturated heterocycles. The summed E-state index contributed by atoms with van der Waals surface area (Å²) in [5, 5.41) is 20.3.